The summed E-state index contributed by atoms with van der Waals surface area (Å²) in [5.74, 6) is -0.773. The number of carbonyl (C=O) groups excluding carboxylic acids is 2. The van der Waals surface area contributed by atoms with Gasteiger partial charge in [-0.05, 0) is 75.6 Å². The number of rotatable bonds is 10. The Labute approximate surface area is 220 Å². The molecule has 0 fully saturated rings. The van der Waals surface area contributed by atoms with Gasteiger partial charge in [0.1, 0.15) is 12.6 Å². The lowest BCUT2D eigenvalue weighted by atomic mass is 10.1. The minimum absolute atomic E-state index is 0.0861. The fourth-order valence-corrected chi connectivity index (χ4v) is 5.47. The van der Waals surface area contributed by atoms with Crippen LogP contribution in [0.25, 0.3) is 0 Å². The van der Waals surface area contributed by atoms with Crippen molar-refractivity contribution < 1.29 is 18.0 Å². The Morgan fingerprint density at radius 3 is 2.22 bits per heavy atom. The molecule has 196 valence electrons. The summed E-state index contributed by atoms with van der Waals surface area (Å²) in [5, 5.41) is 2.77. The topological polar surface area (TPSA) is 86.8 Å². The van der Waals surface area contributed by atoms with Gasteiger partial charge in [-0.1, -0.05) is 54.1 Å². The van der Waals surface area contributed by atoms with Crippen molar-refractivity contribution in [2.75, 3.05) is 17.4 Å². The van der Waals surface area contributed by atoms with Gasteiger partial charge >= 0.3 is 0 Å². The highest BCUT2D eigenvalue weighted by Gasteiger charge is 2.32. The first kappa shape index (κ1) is 27.9. The number of anilines is 1. The van der Waals surface area contributed by atoms with Crippen molar-refractivity contribution in [3.05, 3.63) is 95.1 Å². The summed E-state index contributed by atoms with van der Waals surface area (Å²) in [5.41, 5.74) is 4.19. The third-order valence-corrected chi connectivity index (χ3v) is 8.13. The smallest absolute Gasteiger partial charge is 0.264 e. The highest BCUT2D eigenvalue weighted by molar-refractivity contribution is 7.92. The summed E-state index contributed by atoms with van der Waals surface area (Å²) >= 11 is 0. The molecular weight excluding hydrogens is 486 g/mol. The van der Waals surface area contributed by atoms with Crippen molar-refractivity contribution in [3.8, 4) is 0 Å². The predicted octanol–water partition coefficient (Wildman–Crippen LogP) is 4.36. The Morgan fingerprint density at radius 1 is 0.892 bits per heavy atom. The average Bonchev–Trinajstić information content (AvgIpc) is 2.87. The number of carbonyl (C=O) groups is 2. The number of nitrogens with zero attached hydrogens (tertiary/aromatic N) is 2. The van der Waals surface area contributed by atoms with Crippen molar-refractivity contribution in [1.29, 1.82) is 0 Å². The van der Waals surface area contributed by atoms with Crippen LogP contribution in [0, 0.1) is 20.8 Å². The van der Waals surface area contributed by atoms with E-state index in [1.165, 1.54) is 17.0 Å². The SMILES string of the molecule is CCNC(=O)[C@@H](C)N(Cc1cccc(C)c1)C(=O)CN(c1ccc(C)c(C)c1)S(=O)(=O)c1ccccc1. The number of hydrogen-bond acceptors (Lipinski definition) is 4. The number of aryl methyl sites for hydroxylation is 3. The summed E-state index contributed by atoms with van der Waals surface area (Å²) in [6, 6.07) is 20.2. The number of amides is 2. The largest absolute Gasteiger partial charge is 0.355 e. The lowest BCUT2D eigenvalue weighted by molar-refractivity contribution is -0.139. The lowest BCUT2D eigenvalue weighted by Crippen LogP contribution is -2.51. The van der Waals surface area contributed by atoms with Gasteiger partial charge < -0.3 is 10.2 Å². The van der Waals surface area contributed by atoms with E-state index in [0.717, 1.165) is 26.6 Å². The van der Waals surface area contributed by atoms with E-state index in [4.69, 9.17) is 0 Å². The van der Waals surface area contributed by atoms with Crippen LogP contribution in [-0.2, 0) is 26.2 Å². The first-order chi connectivity index (χ1) is 17.5. The molecule has 0 aliphatic carbocycles. The zero-order valence-electron chi connectivity index (χ0n) is 22.1. The minimum atomic E-state index is -4.06. The second kappa shape index (κ2) is 12.1. The zero-order valence-corrected chi connectivity index (χ0v) is 22.9. The van der Waals surface area contributed by atoms with Crippen LogP contribution in [0.1, 0.15) is 36.1 Å². The molecule has 0 bridgehead atoms. The van der Waals surface area contributed by atoms with Gasteiger partial charge in [0.2, 0.25) is 11.8 Å². The number of benzene rings is 3. The van der Waals surface area contributed by atoms with Gasteiger partial charge in [-0.2, -0.15) is 0 Å². The van der Waals surface area contributed by atoms with Crippen molar-refractivity contribution in [2.45, 2.75) is 52.1 Å². The van der Waals surface area contributed by atoms with E-state index in [1.54, 1.807) is 37.3 Å². The Hall–Kier alpha value is -3.65. The summed E-state index contributed by atoms with van der Waals surface area (Å²) in [7, 11) is -4.06. The molecule has 3 rings (SSSR count). The molecule has 0 saturated carbocycles. The molecule has 0 aliphatic heterocycles. The van der Waals surface area contributed by atoms with Crippen molar-refractivity contribution in [1.82, 2.24) is 10.2 Å². The van der Waals surface area contributed by atoms with Crippen LogP contribution in [0.4, 0.5) is 5.69 Å². The molecule has 3 aromatic rings. The van der Waals surface area contributed by atoms with Crippen LogP contribution < -0.4 is 9.62 Å². The minimum Gasteiger partial charge on any atom is -0.355 e. The highest BCUT2D eigenvalue weighted by atomic mass is 32.2. The molecule has 3 aromatic carbocycles. The normalized spacial score (nSPS) is 12.0. The standard InChI is InChI=1S/C29H35N3O4S/c1-6-30-29(34)24(5)31(19-25-12-10-11-21(2)17-25)28(33)20-32(26-16-15-22(3)23(4)18-26)37(35,36)27-13-8-7-9-14-27/h7-18,24H,6,19-20H2,1-5H3,(H,30,34)/t24-/m1/s1. The van der Waals surface area contributed by atoms with Gasteiger partial charge in [-0.25, -0.2) is 8.42 Å². The molecule has 1 N–H and O–H groups in total. The highest BCUT2D eigenvalue weighted by Crippen LogP contribution is 2.26. The molecule has 0 aliphatic rings. The van der Waals surface area contributed by atoms with Crippen LogP contribution >= 0.6 is 0 Å². The number of likely N-dealkylation sites (N-methyl/N-ethyl adjacent to an activating group) is 1. The van der Waals surface area contributed by atoms with E-state index in [9.17, 15) is 18.0 Å². The van der Waals surface area contributed by atoms with E-state index in [-0.39, 0.29) is 17.3 Å². The molecule has 0 aromatic heterocycles. The molecule has 0 spiro atoms. The Kier molecular flexibility index (Phi) is 9.10. The fraction of sp³-hybridized carbons (Fsp3) is 0.310. The maximum atomic E-state index is 13.8. The van der Waals surface area contributed by atoms with Crippen LogP contribution in [0.5, 0.6) is 0 Å². The van der Waals surface area contributed by atoms with E-state index in [2.05, 4.69) is 5.32 Å². The van der Waals surface area contributed by atoms with E-state index >= 15 is 0 Å². The van der Waals surface area contributed by atoms with E-state index in [0.29, 0.717) is 12.2 Å². The van der Waals surface area contributed by atoms with Crippen LogP contribution in [0.3, 0.4) is 0 Å². The first-order valence-corrected chi connectivity index (χ1v) is 13.8. The van der Waals surface area contributed by atoms with E-state index < -0.39 is 28.5 Å². The third kappa shape index (κ3) is 6.77. The molecule has 2 amide bonds. The van der Waals surface area contributed by atoms with Gasteiger partial charge in [0.25, 0.3) is 10.0 Å². The van der Waals surface area contributed by atoms with Gasteiger partial charge in [-0.15, -0.1) is 0 Å². The second-order valence-corrected chi connectivity index (χ2v) is 11.0. The van der Waals surface area contributed by atoms with Crippen LogP contribution in [0.15, 0.2) is 77.7 Å². The molecule has 7 nitrogen and oxygen atoms in total. The van der Waals surface area contributed by atoms with Gasteiger partial charge in [0.05, 0.1) is 10.6 Å². The molecule has 0 radical (unpaired) electrons. The van der Waals surface area contributed by atoms with Crippen LogP contribution in [0.2, 0.25) is 0 Å². The molecule has 37 heavy (non-hydrogen) atoms. The zero-order chi connectivity index (χ0) is 27.2. The van der Waals surface area contributed by atoms with Crippen LogP contribution in [-0.4, -0.2) is 44.3 Å². The monoisotopic (exact) mass is 521 g/mol. The third-order valence-electron chi connectivity index (χ3n) is 6.34. The maximum Gasteiger partial charge on any atom is 0.264 e. The second-order valence-electron chi connectivity index (χ2n) is 9.17. The lowest BCUT2D eigenvalue weighted by Gasteiger charge is -2.32. The van der Waals surface area contributed by atoms with Crippen molar-refractivity contribution in [3.63, 3.8) is 0 Å². The quantitative estimate of drug-likeness (QED) is 0.430. The van der Waals surface area contributed by atoms with Crippen molar-refractivity contribution in [2.24, 2.45) is 0 Å². The summed E-state index contributed by atoms with van der Waals surface area (Å²) in [4.78, 5) is 28.1. The summed E-state index contributed by atoms with van der Waals surface area (Å²) in [6.45, 7) is 9.41. The number of hydrogen-bond donors (Lipinski definition) is 1. The molecule has 0 unspecified atom stereocenters. The van der Waals surface area contributed by atoms with Gasteiger partial charge in [-0.3, -0.25) is 13.9 Å². The maximum absolute atomic E-state index is 13.8. The number of sulfonamides is 1. The predicted molar refractivity (Wildman–Crippen MR) is 147 cm³/mol. The molecular formula is C29H35N3O4S. The van der Waals surface area contributed by atoms with E-state index in [1.807, 2.05) is 58.0 Å². The first-order valence-electron chi connectivity index (χ1n) is 12.3. The molecule has 8 heteroatoms. The Bertz CT molecular complexity index is 1360. The van der Waals surface area contributed by atoms with Gasteiger partial charge in [0, 0.05) is 13.1 Å². The summed E-state index contributed by atoms with van der Waals surface area (Å²) < 4.78 is 28.7. The average molecular weight is 522 g/mol. The van der Waals surface area contributed by atoms with Crippen molar-refractivity contribution >= 4 is 27.5 Å². The molecule has 1 atom stereocenters. The number of nitrogens with one attached hydrogen (secondary N) is 1. The summed E-state index contributed by atoms with van der Waals surface area (Å²) in [6.07, 6.45) is 0. The fourth-order valence-electron chi connectivity index (χ4n) is 4.04. The Morgan fingerprint density at radius 2 is 1.59 bits per heavy atom. The Balaban J connectivity index is 2.04. The molecule has 0 heterocycles. The van der Waals surface area contributed by atoms with Gasteiger partial charge in [0.15, 0.2) is 0 Å². The molecule has 0 saturated heterocycles.